The zero-order chi connectivity index (χ0) is 21.5. The molecule has 0 aromatic heterocycles. The molecule has 0 fully saturated rings. The van der Waals surface area contributed by atoms with Crippen molar-refractivity contribution in [2.24, 2.45) is 11.1 Å². The molecule has 7 heteroatoms. The smallest absolute Gasteiger partial charge is 0.243 e. The molecular formula is C23H25N3O4. The van der Waals surface area contributed by atoms with Crippen molar-refractivity contribution in [3.63, 3.8) is 0 Å². The number of oxime groups is 1. The van der Waals surface area contributed by atoms with E-state index in [1.54, 1.807) is 12.2 Å². The molecular weight excluding hydrogens is 382 g/mol. The average molecular weight is 407 g/mol. The van der Waals surface area contributed by atoms with E-state index < -0.39 is 6.04 Å². The Bertz CT molecular complexity index is 982. The van der Waals surface area contributed by atoms with Crippen LogP contribution in [0.25, 0.3) is 11.1 Å². The predicted octanol–water partition coefficient (Wildman–Crippen LogP) is 2.72. The lowest BCUT2D eigenvalue weighted by Crippen LogP contribution is -2.46. The van der Waals surface area contributed by atoms with Gasteiger partial charge in [0.1, 0.15) is 24.1 Å². The lowest BCUT2D eigenvalue weighted by Gasteiger charge is -2.18. The quantitative estimate of drug-likeness (QED) is 0.220. The monoisotopic (exact) mass is 407 g/mol. The number of nitrogens with zero attached hydrogens (tertiary/aromatic N) is 1. The number of fused-ring (bicyclic) bond motifs is 3. The van der Waals surface area contributed by atoms with E-state index in [2.05, 4.69) is 15.8 Å². The number of ether oxygens (including phenoxy) is 1. The van der Waals surface area contributed by atoms with Gasteiger partial charge < -0.3 is 20.6 Å². The number of amides is 2. The van der Waals surface area contributed by atoms with Gasteiger partial charge in [-0.25, -0.2) is 0 Å². The third-order valence-corrected chi connectivity index (χ3v) is 4.92. The maximum absolute atomic E-state index is 12.1. The number of carbonyl (C=O) groups is 2. The number of nitrogens with one attached hydrogen (secondary N) is 2. The van der Waals surface area contributed by atoms with Crippen molar-refractivity contribution in [2.75, 3.05) is 13.2 Å². The van der Waals surface area contributed by atoms with Gasteiger partial charge in [0.15, 0.2) is 0 Å². The summed E-state index contributed by atoms with van der Waals surface area (Å²) in [6.45, 7) is 4.40. The molecule has 3 rings (SSSR count). The maximum Gasteiger partial charge on any atom is 0.243 e. The first kappa shape index (κ1) is 21.1. The van der Waals surface area contributed by atoms with E-state index in [0.717, 1.165) is 22.3 Å². The van der Waals surface area contributed by atoms with E-state index in [4.69, 9.17) is 4.74 Å². The summed E-state index contributed by atoms with van der Waals surface area (Å²) >= 11 is 0. The second kappa shape index (κ2) is 9.73. The van der Waals surface area contributed by atoms with Crippen molar-refractivity contribution in [3.8, 4) is 16.9 Å². The second-order valence-corrected chi connectivity index (χ2v) is 7.24. The van der Waals surface area contributed by atoms with Crippen LogP contribution in [0.1, 0.15) is 25.0 Å². The highest BCUT2D eigenvalue weighted by Crippen LogP contribution is 2.38. The molecule has 30 heavy (non-hydrogen) atoms. The molecule has 0 saturated carbocycles. The van der Waals surface area contributed by atoms with Gasteiger partial charge in [0, 0.05) is 17.7 Å². The fourth-order valence-corrected chi connectivity index (χ4v) is 3.43. The Labute approximate surface area is 175 Å². The Morgan fingerprint density at radius 3 is 2.53 bits per heavy atom. The van der Waals surface area contributed by atoms with Gasteiger partial charge in [-0.3, -0.25) is 9.59 Å². The highest BCUT2D eigenvalue weighted by atomic mass is 16.5. The molecule has 0 spiro atoms. The van der Waals surface area contributed by atoms with Crippen LogP contribution in [-0.2, 0) is 9.59 Å². The molecule has 1 aliphatic rings. The zero-order valence-electron chi connectivity index (χ0n) is 17.0. The van der Waals surface area contributed by atoms with Gasteiger partial charge >= 0.3 is 0 Å². The van der Waals surface area contributed by atoms with Crippen molar-refractivity contribution >= 4 is 18.0 Å². The molecule has 1 unspecified atom stereocenters. The van der Waals surface area contributed by atoms with Crippen LogP contribution >= 0.6 is 0 Å². The van der Waals surface area contributed by atoms with E-state index in [1.807, 2.05) is 56.3 Å². The summed E-state index contributed by atoms with van der Waals surface area (Å²) in [5.41, 5.74) is 4.30. The lowest BCUT2D eigenvalue weighted by molar-refractivity contribution is -0.126. The summed E-state index contributed by atoms with van der Waals surface area (Å²) < 4.78 is 5.76. The Kier molecular flexibility index (Phi) is 6.85. The molecule has 2 aromatic carbocycles. The van der Waals surface area contributed by atoms with Crippen molar-refractivity contribution in [2.45, 2.75) is 19.9 Å². The summed E-state index contributed by atoms with van der Waals surface area (Å²) in [5.74, 6) is 0.434. The highest BCUT2D eigenvalue weighted by molar-refractivity contribution is 6.24. The summed E-state index contributed by atoms with van der Waals surface area (Å²) in [6, 6.07) is 12.9. The van der Waals surface area contributed by atoms with Crippen LogP contribution in [0.2, 0.25) is 0 Å². The van der Waals surface area contributed by atoms with Crippen molar-refractivity contribution in [3.05, 3.63) is 65.7 Å². The van der Waals surface area contributed by atoms with Crippen LogP contribution in [0, 0.1) is 5.92 Å². The van der Waals surface area contributed by atoms with E-state index in [9.17, 15) is 14.8 Å². The van der Waals surface area contributed by atoms with Gasteiger partial charge in [0.25, 0.3) is 0 Å². The topological polar surface area (TPSA) is 100 Å². The standard InChI is InChI=1S/C23H25N3O4/c1-15(2)21(25-14-27)23(28)24-11-5-6-12-30-16-9-10-18-17-7-3-4-8-19(17)22(26-29)20(18)13-16/h3-10,13-15,21,29H,11-12H2,1-2H3,(H,24,28)(H,25,27)/b6-5-,26-22-. The third kappa shape index (κ3) is 4.51. The van der Waals surface area contributed by atoms with Crippen LogP contribution in [0.4, 0.5) is 0 Å². The Morgan fingerprint density at radius 2 is 1.83 bits per heavy atom. The molecule has 3 N–H and O–H groups in total. The van der Waals surface area contributed by atoms with Crippen molar-refractivity contribution < 1.29 is 19.5 Å². The van der Waals surface area contributed by atoms with E-state index in [0.29, 0.717) is 31.0 Å². The van der Waals surface area contributed by atoms with Crippen molar-refractivity contribution in [1.82, 2.24) is 10.6 Å². The van der Waals surface area contributed by atoms with E-state index >= 15 is 0 Å². The maximum atomic E-state index is 12.1. The number of hydrogen-bond donors (Lipinski definition) is 3. The molecule has 0 bridgehead atoms. The van der Waals surface area contributed by atoms with Gasteiger partial charge in [-0.15, -0.1) is 0 Å². The molecule has 1 aliphatic carbocycles. The summed E-state index contributed by atoms with van der Waals surface area (Å²) in [6.07, 6.45) is 4.14. The molecule has 0 saturated heterocycles. The second-order valence-electron chi connectivity index (χ2n) is 7.24. The number of benzene rings is 2. The van der Waals surface area contributed by atoms with Gasteiger partial charge in [0.05, 0.1) is 0 Å². The Hall–Kier alpha value is -3.61. The minimum absolute atomic E-state index is 0.000751. The predicted molar refractivity (Wildman–Crippen MR) is 115 cm³/mol. The van der Waals surface area contributed by atoms with Crippen LogP contribution in [0.3, 0.4) is 0 Å². The highest BCUT2D eigenvalue weighted by Gasteiger charge is 2.25. The van der Waals surface area contributed by atoms with Gasteiger partial charge in [0.2, 0.25) is 12.3 Å². The lowest BCUT2D eigenvalue weighted by atomic mass is 10.0. The first-order chi connectivity index (χ1) is 14.6. The SMILES string of the molecule is CC(C)C(NC=O)C(=O)NC/C=C\COc1ccc2c(c1)/C(=N\O)c1ccccc1-2. The summed E-state index contributed by atoms with van der Waals surface area (Å²) in [5, 5.41) is 18.2. The van der Waals surface area contributed by atoms with Gasteiger partial charge in [-0.2, -0.15) is 0 Å². The van der Waals surface area contributed by atoms with Crippen LogP contribution in [0.5, 0.6) is 5.75 Å². The number of rotatable bonds is 9. The van der Waals surface area contributed by atoms with E-state index in [1.165, 1.54) is 0 Å². The molecule has 0 heterocycles. The number of carbonyl (C=O) groups excluding carboxylic acids is 2. The largest absolute Gasteiger partial charge is 0.490 e. The van der Waals surface area contributed by atoms with Gasteiger partial charge in [-0.05, 0) is 41.3 Å². The molecule has 2 amide bonds. The van der Waals surface area contributed by atoms with Crippen molar-refractivity contribution in [1.29, 1.82) is 0 Å². The normalized spacial score (nSPS) is 14.4. The van der Waals surface area contributed by atoms with Crippen LogP contribution < -0.4 is 15.4 Å². The third-order valence-electron chi connectivity index (χ3n) is 4.92. The zero-order valence-corrected chi connectivity index (χ0v) is 17.0. The molecule has 156 valence electrons. The average Bonchev–Trinajstić information content (AvgIpc) is 3.06. The van der Waals surface area contributed by atoms with Crippen LogP contribution in [-0.4, -0.2) is 42.4 Å². The molecule has 1 atom stereocenters. The fourth-order valence-electron chi connectivity index (χ4n) is 3.43. The Morgan fingerprint density at radius 1 is 1.10 bits per heavy atom. The molecule has 2 aromatic rings. The first-order valence-corrected chi connectivity index (χ1v) is 9.78. The summed E-state index contributed by atoms with van der Waals surface area (Å²) in [4.78, 5) is 22.7. The first-order valence-electron chi connectivity index (χ1n) is 9.78. The summed E-state index contributed by atoms with van der Waals surface area (Å²) in [7, 11) is 0. The number of hydrogen-bond acceptors (Lipinski definition) is 5. The van der Waals surface area contributed by atoms with E-state index in [-0.39, 0.29) is 11.8 Å². The Balaban J connectivity index is 1.54. The molecule has 7 nitrogen and oxygen atoms in total. The molecule has 0 aliphatic heterocycles. The minimum atomic E-state index is -0.551. The van der Waals surface area contributed by atoms with Gasteiger partial charge in [-0.1, -0.05) is 49.3 Å². The van der Waals surface area contributed by atoms with Crippen LogP contribution in [0.15, 0.2) is 59.8 Å². The molecule has 0 radical (unpaired) electrons. The fraction of sp³-hybridized carbons (Fsp3) is 0.261. The minimum Gasteiger partial charge on any atom is -0.490 e.